The third-order valence-corrected chi connectivity index (χ3v) is 2.95. The summed E-state index contributed by atoms with van der Waals surface area (Å²) in [6.07, 6.45) is 2.55. The van der Waals surface area contributed by atoms with Crippen molar-refractivity contribution in [3.05, 3.63) is 11.6 Å². The van der Waals surface area contributed by atoms with Gasteiger partial charge < -0.3 is 5.11 Å². The lowest BCUT2D eigenvalue weighted by molar-refractivity contribution is 0.0558. The molecule has 5 heteroatoms. The highest BCUT2D eigenvalue weighted by Crippen LogP contribution is 2.13. The molecule has 2 rings (SSSR count). The molecule has 0 bridgehead atoms. The Labute approximate surface area is 102 Å². The van der Waals surface area contributed by atoms with Crippen molar-refractivity contribution in [2.24, 2.45) is 0 Å². The second kappa shape index (κ2) is 4.74. The smallest absolute Gasteiger partial charge is 0.147 e. The van der Waals surface area contributed by atoms with Gasteiger partial charge >= 0.3 is 0 Å². The van der Waals surface area contributed by atoms with Crippen molar-refractivity contribution in [3.8, 4) is 0 Å². The molecule has 1 aromatic rings. The number of aryl methyl sites for hydroxylation is 1. The summed E-state index contributed by atoms with van der Waals surface area (Å²) in [7, 11) is 0. The molecule has 0 atom stereocenters. The van der Waals surface area contributed by atoms with E-state index in [0.29, 0.717) is 6.54 Å². The number of aromatic nitrogens is 3. The van der Waals surface area contributed by atoms with E-state index in [1.54, 1.807) is 13.8 Å². The zero-order chi connectivity index (χ0) is 12.5. The van der Waals surface area contributed by atoms with Crippen LogP contribution in [0.25, 0.3) is 0 Å². The molecule has 96 valence electrons. The van der Waals surface area contributed by atoms with E-state index in [2.05, 4.69) is 15.0 Å². The van der Waals surface area contributed by atoms with E-state index in [1.807, 2.05) is 11.6 Å². The Hall–Kier alpha value is -0.940. The fourth-order valence-corrected chi connectivity index (χ4v) is 2.25. The standard InChI is InChI=1S/C12H22N4O/c1-10-13-11(8-15-6-4-5-7-15)16(14-10)9-12(2,3)17/h17H,4-9H2,1-3H3. The van der Waals surface area contributed by atoms with Gasteiger partial charge in [-0.1, -0.05) is 0 Å². The van der Waals surface area contributed by atoms with Crippen LogP contribution in [0.5, 0.6) is 0 Å². The van der Waals surface area contributed by atoms with Crippen molar-refractivity contribution in [2.75, 3.05) is 13.1 Å². The first kappa shape index (κ1) is 12.5. The second-order valence-electron chi connectivity index (χ2n) is 5.53. The average molecular weight is 238 g/mol. The van der Waals surface area contributed by atoms with Gasteiger partial charge in [-0.15, -0.1) is 0 Å². The minimum Gasteiger partial charge on any atom is -0.389 e. The molecule has 5 nitrogen and oxygen atoms in total. The van der Waals surface area contributed by atoms with Gasteiger partial charge in [0.2, 0.25) is 0 Å². The second-order valence-corrected chi connectivity index (χ2v) is 5.53. The molecule has 2 heterocycles. The first-order valence-electron chi connectivity index (χ1n) is 6.29. The number of hydrogen-bond donors (Lipinski definition) is 1. The van der Waals surface area contributed by atoms with Crippen molar-refractivity contribution in [1.82, 2.24) is 19.7 Å². The highest BCUT2D eigenvalue weighted by atomic mass is 16.3. The van der Waals surface area contributed by atoms with Crippen LogP contribution in [-0.2, 0) is 13.1 Å². The molecule has 1 fully saturated rings. The molecule has 0 radical (unpaired) electrons. The summed E-state index contributed by atoms with van der Waals surface area (Å²) in [6, 6.07) is 0. The normalized spacial score (nSPS) is 17.9. The molecule has 1 aliphatic heterocycles. The van der Waals surface area contributed by atoms with Crippen LogP contribution in [-0.4, -0.2) is 43.5 Å². The monoisotopic (exact) mass is 238 g/mol. The minimum absolute atomic E-state index is 0.497. The van der Waals surface area contributed by atoms with Crippen molar-refractivity contribution in [2.45, 2.75) is 52.3 Å². The van der Waals surface area contributed by atoms with E-state index in [1.165, 1.54) is 12.8 Å². The fraction of sp³-hybridized carbons (Fsp3) is 0.833. The molecular formula is C12H22N4O. The lowest BCUT2D eigenvalue weighted by Crippen LogP contribution is -2.29. The molecule has 0 amide bonds. The van der Waals surface area contributed by atoms with Crippen LogP contribution in [0.1, 0.15) is 38.3 Å². The Morgan fingerprint density at radius 2 is 1.94 bits per heavy atom. The largest absolute Gasteiger partial charge is 0.389 e. The van der Waals surface area contributed by atoms with Crippen LogP contribution in [0.4, 0.5) is 0 Å². The van der Waals surface area contributed by atoms with Gasteiger partial charge in [0, 0.05) is 0 Å². The van der Waals surface area contributed by atoms with Crippen LogP contribution >= 0.6 is 0 Å². The lowest BCUT2D eigenvalue weighted by Gasteiger charge is -2.19. The maximum Gasteiger partial charge on any atom is 0.147 e. The minimum atomic E-state index is -0.750. The first-order valence-corrected chi connectivity index (χ1v) is 6.29. The Bertz CT molecular complexity index is 374. The summed E-state index contributed by atoms with van der Waals surface area (Å²) in [5, 5.41) is 14.2. The molecule has 1 saturated heterocycles. The fourth-order valence-electron chi connectivity index (χ4n) is 2.25. The van der Waals surface area contributed by atoms with Crippen LogP contribution in [0.3, 0.4) is 0 Å². The van der Waals surface area contributed by atoms with Gasteiger partial charge in [0.05, 0.1) is 18.7 Å². The zero-order valence-electron chi connectivity index (χ0n) is 11.0. The van der Waals surface area contributed by atoms with Crippen LogP contribution in [0, 0.1) is 6.92 Å². The summed E-state index contributed by atoms with van der Waals surface area (Å²) >= 11 is 0. The number of hydrogen-bond acceptors (Lipinski definition) is 4. The Balaban J connectivity index is 2.09. The van der Waals surface area contributed by atoms with E-state index in [4.69, 9.17) is 0 Å². The molecule has 1 aliphatic rings. The topological polar surface area (TPSA) is 54.2 Å². The average Bonchev–Trinajstić information content (AvgIpc) is 2.75. The van der Waals surface area contributed by atoms with Gasteiger partial charge in [0.25, 0.3) is 0 Å². The van der Waals surface area contributed by atoms with Gasteiger partial charge in [-0.25, -0.2) is 9.67 Å². The van der Waals surface area contributed by atoms with Crippen molar-refractivity contribution >= 4 is 0 Å². The number of likely N-dealkylation sites (tertiary alicyclic amines) is 1. The highest BCUT2D eigenvalue weighted by molar-refractivity contribution is 4.93. The van der Waals surface area contributed by atoms with E-state index >= 15 is 0 Å². The zero-order valence-corrected chi connectivity index (χ0v) is 11.0. The quantitative estimate of drug-likeness (QED) is 0.848. The molecule has 0 unspecified atom stereocenters. The lowest BCUT2D eigenvalue weighted by atomic mass is 10.1. The number of rotatable bonds is 4. The predicted molar refractivity (Wildman–Crippen MR) is 65.6 cm³/mol. The van der Waals surface area contributed by atoms with E-state index < -0.39 is 5.60 Å². The van der Waals surface area contributed by atoms with Gasteiger partial charge in [-0.2, -0.15) is 5.10 Å². The summed E-state index contributed by atoms with van der Waals surface area (Å²) in [6.45, 7) is 9.12. The van der Waals surface area contributed by atoms with Gasteiger partial charge in [0.1, 0.15) is 11.6 Å². The molecule has 0 aromatic carbocycles. The van der Waals surface area contributed by atoms with Crippen LogP contribution in [0.2, 0.25) is 0 Å². The SMILES string of the molecule is Cc1nc(CN2CCCC2)n(CC(C)(C)O)n1. The number of aliphatic hydroxyl groups is 1. The third-order valence-electron chi connectivity index (χ3n) is 2.95. The molecule has 0 saturated carbocycles. The van der Waals surface area contributed by atoms with Crippen molar-refractivity contribution < 1.29 is 5.11 Å². The van der Waals surface area contributed by atoms with Crippen molar-refractivity contribution in [3.63, 3.8) is 0 Å². The summed E-state index contributed by atoms with van der Waals surface area (Å²) in [5.74, 6) is 1.75. The van der Waals surface area contributed by atoms with Gasteiger partial charge in [0.15, 0.2) is 0 Å². The predicted octanol–water partition coefficient (Wildman–Crippen LogP) is 0.953. The first-order chi connectivity index (χ1) is 7.94. The Morgan fingerprint density at radius 1 is 1.29 bits per heavy atom. The maximum absolute atomic E-state index is 9.86. The van der Waals surface area contributed by atoms with Gasteiger partial charge in [-0.05, 0) is 46.7 Å². The summed E-state index contributed by atoms with van der Waals surface area (Å²) < 4.78 is 1.84. The Morgan fingerprint density at radius 3 is 2.53 bits per heavy atom. The molecular weight excluding hydrogens is 216 g/mol. The molecule has 0 aliphatic carbocycles. The molecule has 1 aromatic heterocycles. The summed E-state index contributed by atoms with van der Waals surface area (Å²) in [4.78, 5) is 6.85. The summed E-state index contributed by atoms with van der Waals surface area (Å²) in [5.41, 5.74) is -0.750. The van der Waals surface area contributed by atoms with Gasteiger partial charge in [-0.3, -0.25) is 4.90 Å². The van der Waals surface area contributed by atoms with Crippen molar-refractivity contribution in [1.29, 1.82) is 0 Å². The number of nitrogens with zero attached hydrogens (tertiary/aromatic N) is 4. The van der Waals surface area contributed by atoms with Crippen LogP contribution in [0.15, 0.2) is 0 Å². The van der Waals surface area contributed by atoms with E-state index in [-0.39, 0.29) is 0 Å². The Kier molecular flexibility index (Phi) is 3.49. The van der Waals surface area contributed by atoms with E-state index in [9.17, 15) is 5.11 Å². The third kappa shape index (κ3) is 3.51. The molecule has 1 N–H and O–H groups in total. The molecule has 17 heavy (non-hydrogen) atoms. The highest BCUT2D eigenvalue weighted by Gasteiger charge is 2.20. The van der Waals surface area contributed by atoms with E-state index in [0.717, 1.165) is 31.3 Å². The maximum atomic E-state index is 9.86. The van der Waals surface area contributed by atoms with Crippen LogP contribution < -0.4 is 0 Å². The molecule has 0 spiro atoms.